The molecule has 1 amide bonds. The molecule has 0 aliphatic rings. The number of nitrogens with one attached hydrogen (secondary N) is 1. The summed E-state index contributed by atoms with van der Waals surface area (Å²) in [5, 5.41) is 4.23. The molecule has 0 unspecified atom stereocenters. The van der Waals surface area contributed by atoms with Gasteiger partial charge in [-0.2, -0.15) is 0 Å². The number of aromatic nitrogens is 4. The molecule has 0 aliphatic heterocycles. The minimum atomic E-state index is -0.156. The van der Waals surface area contributed by atoms with Gasteiger partial charge >= 0.3 is 0 Å². The zero-order valence-corrected chi connectivity index (χ0v) is 16.5. The average molecular weight is 414 g/mol. The fourth-order valence-electron chi connectivity index (χ4n) is 3.33. The molecule has 2 aromatic carbocycles. The van der Waals surface area contributed by atoms with Crippen molar-refractivity contribution in [2.24, 2.45) is 0 Å². The first-order valence-corrected chi connectivity index (χ1v) is 9.77. The number of halogens is 1. The van der Waals surface area contributed by atoms with Crippen molar-refractivity contribution in [1.29, 1.82) is 0 Å². The highest BCUT2D eigenvalue weighted by atomic mass is 35.5. The summed E-state index contributed by atoms with van der Waals surface area (Å²) in [6.45, 7) is 0.383. The van der Waals surface area contributed by atoms with Crippen molar-refractivity contribution in [2.45, 2.75) is 6.54 Å². The maximum Gasteiger partial charge on any atom is 0.251 e. The molecule has 0 aliphatic carbocycles. The molecule has 0 spiro atoms. The summed E-state index contributed by atoms with van der Waals surface area (Å²) >= 11 is 5.91. The highest BCUT2D eigenvalue weighted by molar-refractivity contribution is 6.29. The van der Waals surface area contributed by atoms with Crippen LogP contribution in [0.2, 0.25) is 5.15 Å². The topological polar surface area (TPSA) is 72.7 Å². The lowest BCUT2D eigenvalue weighted by molar-refractivity contribution is 0.0951. The Kier molecular flexibility index (Phi) is 4.61. The minimum Gasteiger partial charge on any atom is -0.348 e. The van der Waals surface area contributed by atoms with Crippen LogP contribution in [0.3, 0.4) is 0 Å². The molecule has 0 saturated heterocycles. The van der Waals surface area contributed by atoms with E-state index in [-0.39, 0.29) is 5.91 Å². The van der Waals surface area contributed by atoms with E-state index in [0.29, 0.717) is 17.3 Å². The smallest absolute Gasteiger partial charge is 0.251 e. The molecule has 6 nitrogen and oxygen atoms in total. The van der Waals surface area contributed by atoms with Crippen LogP contribution in [-0.4, -0.2) is 25.4 Å². The van der Waals surface area contributed by atoms with Gasteiger partial charge in [0.15, 0.2) is 0 Å². The number of amides is 1. The summed E-state index contributed by atoms with van der Waals surface area (Å²) in [7, 11) is 0. The Hall–Kier alpha value is -3.77. The number of imidazole rings is 1. The first-order valence-electron chi connectivity index (χ1n) is 9.39. The predicted octanol–water partition coefficient (Wildman–Crippen LogP) is 4.55. The standard InChI is InChI=1S/C23H16ClN5O/c24-21-9-7-16-11-17(6-8-18(16)28-21)23(30)26-13-15-5-10-22(25-12-15)29-14-27-19-3-1-2-4-20(19)29/h1-12,14H,13H2,(H,26,30). The zero-order valence-electron chi connectivity index (χ0n) is 15.8. The van der Waals surface area contributed by atoms with Gasteiger partial charge in [-0.25, -0.2) is 15.0 Å². The molecule has 1 N–H and O–H groups in total. The lowest BCUT2D eigenvalue weighted by atomic mass is 10.1. The molecule has 5 rings (SSSR count). The van der Waals surface area contributed by atoms with Crippen LogP contribution in [0, 0.1) is 0 Å². The highest BCUT2D eigenvalue weighted by Crippen LogP contribution is 2.18. The number of hydrogen-bond donors (Lipinski definition) is 1. The number of nitrogens with zero attached hydrogens (tertiary/aromatic N) is 4. The molecule has 3 heterocycles. The SMILES string of the molecule is O=C(NCc1ccc(-n2cnc3ccccc32)nc1)c1ccc2nc(Cl)ccc2c1. The second kappa shape index (κ2) is 7.57. The van der Waals surface area contributed by atoms with Crippen molar-refractivity contribution >= 4 is 39.4 Å². The molecule has 3 aromatic heterocycles. The number of rotatable bonds is 4. The van der Waals surface area contributed by atoms with Gasteiger partial charge in [0, 0.05) is 23.7 Å². The number of hydrogen-bond acceptors (Lipinski definition) is 4. The van der Waals surface area contributed by atoms with Gasteiger partial charge in [0.05, 0.1) is 16.6 Å². The molecule has 0 atom stereocenters. The predicted molar refractivity (Wildman–Crippen MR) is 117 cm³/mol. The second-order valence-electron chi connectivity index (χ2n) is 6.85. The van der Waals surface area contributed by atoms with Crippen molar-refractivity contribution in [2.75, 3.05) is 0 Å². The van der Waals surface area contributed by atoms with Gasteiger partial charge in [0.2, 0.25) is 0 Å². The third-order valence-electron chi connectivity index (χ3n) is 4.88. The molecule has 7 heteroatoms. The van der Waals surface area contributed by atoms with Crippen LogP contribution in [0.5, 0.6) is 0 Å². The van der Waals surface area contributed by atoms with Gasteiger partial charge in [0.1, 0.15) is 17.3 Å². The van der Waals surface area contributed by atoms with Crippen molar-refractivity contribution in [1.82, 2.24) is 24.8 Å². The maximum atomic E-state index is 12.5. The van der Waals surface area contributed by atoms with Gasteiger partial charge in [-0.15, -0.1) is 0 Å². The van der Waals surface area contributed by atoms with Gasteiger partial charge in [-0.3, -0.25) is 9.36 Å². The van der Waals surface area contributed by atoms with E-state index < -0.39 is 0 Å². The van der Waals surface area contributed by atoms with Crippen LogP contribution in [0.1, 0.15) is 15.9 Å². The fraction of sp³-hybridized carbons (Fsp3) is 0.0435. The van der Waals surface area contributed by atoms with E-state index in [1.54, 1.807) is 36.8 Å². The first kappa shape index (κ1) is 18.3. The number of benzene rings is 2. The fourth-order valence-corrected chi connectivity index (χ4v) is 3.49. The van der Waals surface area contributed by atoms with E-state index >= 15 is 0 Å². The van der Waals surface area contributed by atoms with Crippen LogP contribution >= 0.6 is 11.6 Å². The number of para-hydroxylation sites is 2. The molecule has 0 radical (unpaired) electrons. The van der Waals surface area contributed by atoms with Crippen molar-refractivity contribution in [3.8, 4) is 5.82 Å². The van der Waals surface area contributed by atoms with E-state index in [9.17, 15) is 4.79 Å². The second-order valence-corrected chi connectivity index (χ2v) is 7.24. The Morgan fingerprint density at radius 1 is 0.967 bits per heavy atom. The van der Waals surface area contributed by atoms with Gasteiger partial charge in [-0.1, -0.05) is 29.8 Å². The molecular weight excluding hydrogens is 398 g/mol. The third kappa shape index (κ3) is 3.49. The van der Waals surface area contributed by atoms with Gasteiger partial charge in [-0.05, 0) is 54.1 Å². The Morgan fingerprint density at radius 2 is 1.87 bits per heavy atom. The summed E-state index contributed by atoms with van der Waals surface area (Å²) in [6.07, 6.45) is 3.52. The molecule has 0 saturated carbocycles. The van der Waals surface area contributed by atoms with Crippen LogP contribution in [0.25, 0.3) is 27.8 Å². The van der Waals surface area contributed by atoms with Crippen LogP contribution in [0.15, 0.2) is 79.3 Å². The monoisotopic (exact) mass is 413 g/mol. The van der Waals surface area contributed by atoms with Crippen molar-refractivity contribution in [3.05, 3.63) is 95.5 Å². The number of fused-ring (bicyclic) bond motifs is 2. The maximum absolute atomic E-state index is 12.5. The summed E-state index contributed by atoms with van der Waals surface area (Å²) in [5.41, 5.74) is 4.15. The van der Waals surface area contributed by atoms with Gasteiger partial charge in [0.25, 0.3) is 5.91 Å². The van der Waals surface area contributed by atoms with E-state index in [1.807, 2.05) is 47.0 Å². The highest BCUT2D eigenvalue weighted by Gasteiger charge is 2.08. The summed E-state index contributed by atoms with van der Waals surface area (Å²) in [6, 6.07) is 20.7. The van der Waals surface area contributed by atoms with Crippen molar-refractivity contribution < 1.29 is 4.79 Å². The van der Waals surface area contributed by atoms with E-state index in [4.69, 9.17) is 11.6 Å². The molecular formula is C23H16ClN5O. The van der Waals surface area contributed by atoms with Crippen molar-refractivity contribution in [3.63, 3.8) is 0 Å². The van der Waals surface area contributed by atoms with E-state index in [2.05, 4.69) is 20.3 Å². The summed E-state index contributed by atoms with van der Waals surface area (Å²) < 4.78 is 1.94. The summed E-state index contributed by atoms with van der Waals surface area (Å²) in [5.74, 6) is 0.621. The number of carbonyl (C=O) groups is 1. The van der Waals surface area contributed by atoms with Crippen LogP contribution in [0.4, 0.5) is 0 Å². The number of pyridine rings is 2. The lowest BCUT2D eigenvalue weighted by Gasteiger charge is -2.08. The van der Waals surface area contributed by atoms with E-state index in [1.165, 1.54) is 0 Å². The Labute approximate surface area is 177 Å². The molecule has 146 valence electrons. The normalized spacial score (nSPS) is 11.1. The largest absolute Gasteiger partial charge is 0.348 e. The minimum absolute atomic E-state index is 0.156. The molecule has 5 aromatic rings. The lowest BCUT2D eigenvalue weighted by Crippen LogP contribution is -2.22. The van der Waals surface area contributed by atoms with Gasteiger partial charge < -0.3 is 5.32 Å². The Balaban J connectivity index is 1.29. The molecule has 30 heavy (non-hydrogen) atoms. The Morgan fingerprint density at radius 3 is 2.73 bits per heavy atom. The zero-order chi connectivity index (χ0) is 20.5. The third-order valence-corrected chi connectivity index (χ3v) is 5.09. The van der Waals surface area contributed by atoms with Crippen LogP contribution in [-0.2, 0) is 6.54 Å². The molecule has 0 bridgehead atoms. The first-order chi connectivity index (χ1) is 14.7. The number of carbonyl (C=O) groups excluding carboxylic acids is 1. The summed E-state index contributed by atoms with van der Waals surface area (Å²) in [4.78, 5) is 25.7. The van der Waals surface area contributed by atoms with E-state index in [0.717, 1.165) is 33.3 Å². The quantitative estimate of drug-likeness (QED) is 0.438. The van der Waals surface area contributed by atoms with Crippen LogP contribution < -0.4 is 5.32 Å². The Bertz CT molecular complexity index is 1380. The molecule has 0 fully saturated rings. The average Bonchev–Trinajstić information content (AvgIpc) is 3.21.